The molecule has 23 heavy (non-hydrogen) atoms. The maximum absolute atomic E-state index is 12.5. The normalized spacial score (nSPS) is 16.5. The largest absolute Gasteiger partial charge is 0.298 e. The van der Waals surface area contributed by atoms with Crippen molar-refractivity contribution < 1.29 is 9.59 Å². The highest BCUT2D eigenvalue weighted by molar-refractivity contribution is 8.19. The van der Waals surface area contributed by atoms with Gasteiger partial charge in [-0.1, -0.05) is 53.0 Å². The van der Waals surface area contributed by atoms with E-state index in [-0.39, 0.29) is 4.91 Å². The van der Waals surface area contributed by atoms with Crippen LogP contribution in [0.2, 0.25) is 15.1 Å². The van der Waals surface area contributed by atoms with Crippen molar-refractivity contribution in [2.24, 2.45) is 0 Å². The molecule has 2 aromatic carbocycles. The molecule has 0 spiro atoms. The number of thioether (sulfide) groups is 1. The predicted octanol–water partition coefficient (Wildman–Crippen LogP) is 5.89. The Morgan fingerprint density at radius 2 is 1.70 bits per heavy atom. The van der Waals surface area contributed by atoms with E-state index in [1.165, 1.54) is 0 Å². The predicted molar refractivity (Wildman–Crippen MR) is 96.4 cm³/mol. The van der Waals surface area contributed by atoms with Crippen LogP contribution in [0.1, 0.15) is 5.56 Å². The Morgan fingerprint density at radius 1 is 0.957 bits per heavy atom. The number of carbonyl (C=O) groups excluding carboxylic acids is 2. The van der Waals surface area contributed by atoms with E-state index in [0.717, 1.165) is 16.7 Å². The van der Waals surface area contributed by atoms with Gasteiger partial charge < -0.3 is 0 Å². The summed E-state index contributed by atoms with van der Waals surface area (Å²) in [6.07, 6.45) is 1.57. The number of rotatable bonds is 2. The van der Waals surface area contributed by atoms with Gasteiger partial charge in [0.2, 0.25) is 0 Å². The van der Waals surface area contributed by atoms with Crippen LogP contribution in [0.4, 0.5) is 10.5 Å². The van der Waals surface area contributed by atoms with E-state index in [1.54, 1.807) is 48.5 Å². The molecule has 0 bridgehead atoms. The van der Waals surface area contributed by atoms with E-state index in [9.17, 15) is 9.59 Å². The second-order valence-electron chi connectivity index (χ2n) is 4.63. The molecule has 0 unspecified atom stereocenters. The molecular formula is C16H8Cl3NO2S. The van der Waals surface area contributed by atoms with Crippen LogP contribution in [0.25, 0.3) is 6.08 Å². The molecule has 3 rings (SSSR count). The summed E-state index contributed by atoms with van der Waals surface area (Å²) < 4.78 is 0. The standard InChI is InChI=1S/C16H8Cl3NO2S/c17-10-6-5-9(12(19)8-10)7-14-15(21)20(16(22)23-14)13-4-2-1-3-11(13)18/h1-8H/b14-7-. The maximum Gasteiger partial charge on any atom is 0.298 e. The molecule has 0 aliphatic carbocycles. The second kappa shape index (κ2) is 6.57. The monoisotopic (exact) mass is 383 g/mol. The highest BCUT2D eigenvalue weighted by Crippen LogP contribution is 2.39. The number of nitrogens with zero attached hydrogens (tertiary/aromatic N) is 1. The summed E-state index contributed by atoms with van der Waals surface area (Å²) in [7, 11) is 0. The van der Waals surface area contributed by atoms with Crippen molar-refractivity contribution in [3.63, 3.8) is 0 Å². The molecule has 0 atom stereocenters. The fraction of sp³-hybridized carbons (Fsp3) is 0. The Bertz CT molecular complexity index is 851. The third-order valence-electron chi connectivity index (χ3n) is 3.14. The van der Waals surface area contributed by atoms with Crippen LogP contribution >= 0.6 is 46.6 Å². The summed E-state index contributed by atoms with van der Waals surface area (Å²) in [5.74, 6) is -0.431. The van der Waals surface area contributed by atoms with Crippen LogP contribution in [0.5, 0.6) is 0 Å². The van der Waals surface area contributed by atoms with Gasteiger partial charge in [-0.2, -0.15) is 0 Å². The number of anilines is 1. The van der Waals surface area contributed by atoms with Crippen molar-refractivity contribution in [2.45, 2.75) is 0 Å². The molecule has 0 N–H and O–H groups in total. The Morgan fingerprint density at radius 3 is 2.39 bits per heavy atom. The zero-order chi connectivity index (χ0) is 16.6. The van der Waals surface area contributed by atoms with Gasteiger partial charge in [0.25, 0.3) is 11.1 Å². The minimum Gasteiger partial charge on any atom is -0.268 e. The zero-order valence-corrected chi connectivity index (χ0v) is 14.5. The van der Waals surface area contributed by atoms with Crippen LogP contribution in [-0.4, -0.2) is 11.1 Å². The van der Waals surface area contributed by atoms with Crippen molar-refractivity contribution in [1.82, 2.24) is 0 Å². The van der Waals surface area contributed by atoms with E-state index in [4.69, 9.17) is 34.8 Å². The van der Waals surface area contributed by atoms with E-state index >= 15 is 0 Å². The summed E-state index contributed by atoms with van der Waals surface area (Å²) in [5.41, 5.74) is 0.975. The summed E-state index contributed by atoms with van der Waals surface area (Å²) in [6.45, 7) is 0. The Hall–Kier alpha value is -1.46. The molecule has 2 aromatic rings. The first-order chi connectivity index (χ1) is 11.0. The third kappa shape index (κ3) is 3.26. The first-order valence-corrected chi connectivity index (χ1v) is 8.40. The van der Waals surface area contributed by atoms with Crippen molar-refractivity contribution in [1.29, 1.82) is 0 Å². The number of imide groups is 1. The summed E-state index contributed by atoms with van der Waals surface area (Å²) >= 11 is 18.9. The Kier molecular flexibility index (Phi) is 4.69. The van der Waals surface area contributed by atoms with Crippen molar-refractivity contribution in [3.05, 3.63) is 68.0 Å². The molecule has 7 heteroatoms. The molecule has 0 saturated carbocycles. The minimum atomic E-state index is -0.431. The number of carbonyl (C=O) groups is 2. The van der Waals surface area contributed by atoms with E-state index < -0.39 is 11.1 Å². The maximum atomic E-state index is 12.5. The highest BCUT2D eigenvalue weighted by Gasteiger charge is 2.37. The molecule has 3 nitrogen and oxygen atoms in total. The molecule has 0 aromatic heterocycles. The van der Waals surface area contributed by atoms with Gasteiger partial charge in [0.15, 0.2) is 0 Å². The van der Waals surface area contributed by atoms with Gasteiger partial charge in [-0.15, -0.1) is 0 Å². The second-order valence-corrected chi connectivity index (χ2v) is 6.88. The molecule has 1 aliphatic rings. The van der Waals surface area contributed by atoms with Crippen LogP contribution < -0.4 is 4.90 Å². The lowest BCUT2D eigenvalue weighted by Gasteiger charge is -2.13. The first kappa shape index (κ1) is 16.4. The number of para-hydroxylation sites is 1. The molecule has 0 radical (unpaired) electrons. The van der Waals surface area contributed by atoms with Gasteiger partial charge in [0, 0.05) is 10.0 Å². The average Bonchev–Trinajstić information content (AvgIpc) is 2.77. The average molecular weight is 385 g/mol. The fourth-order valence-electron chi connectivity index (χ4n) is 2.07. The first-order valence-electron chi connectivity index (χ1n) is 6.45. The summed E-state index contributed by atoms with van der Waals surface area (Å²) in [4.78, 5) is 26.1. The van der Waals surface area contributed by atoms with E-state index in [2.05, 4.69) is 0 Å². The van der Waals surface area contributed by atoms with Gasteiger partial charge in [0.05, 0.1) is 15.6 Å². The lowest BCUT2D eigenvalue weighted by molar-refractivity contribution is -0.113. The molecule has 2 amide bonds. The number of amides is 2. The number of hydrogen-bond acceptors (Lipinski definition) is 3. The third-order valence-corrected chi connectivity index (χ3v) is 4.89. The molecule has 116 valence electrons. The minimum absolute atomic E-state index is 0.277. The SMILES string of the molecule is O=C1S/C(=C\c2ccc(Cl)cc2Cl)C(=O)N1c1ccccc1Cl. The van der Waals surface area contributed by atoms with E-state index in [0.29, 0.717) is 26.3 Å². The van der Waals surface area contributed by atoms with Gasteiger partial charge in [-0.3, -0.25) is 9.59 Å². The lowest BCUT2D eigenvalue weighted by Crippen LogP contribution is -2.27. The lowest BCUT2D eigenvalue weighted by atomic mass is 10.2. The molecule has 1 saturated heterocycles. The fourth-order valence-corrected chi connectivity index (χ4v) is 3.58. The van der Waals surface area contributed by atoms with Crippen molar-refractivity contribution >= 4 is 69.5 Å². The summed E-state index contributed by atoms with van der Waals surface area (Å²) in [5, 5.41) is 0.832. The van der Waals surface area contributed by atoms with Gasteiger partial charge >= 0.3 is 0 Å². The van der Waals surface area contributed by atoms with Crippen LogP contribution in [0.15, 0.2) is 47.4 Å². The van der Waals surface area contributed by atoms with Gasteiger partial charge in [-0.25, -0.2) is 4.90 Å². The topological polar surface area (TPSA) is 37.4 Å². The number of halogens is 3. The van der Waals surface area contributed by atoms with Crippen molar-refractivity contribution in [2.75, 3.05) is 4.90 Å². The smallest absolute Gasteiger partial charge is 0.268 e. The Labute approximate surface area is 151 Å². The molecule has 1 fully saturated rings. The number of benzene rings is 2. The van der Waals surface area contributed by atoms with E-state index in [1.807, 2.05) is 0 Å². The molecule has 1 aliphatic heterocycles. The molecular weight excluding hydrogens is 377 g/mol. The van der Waals surface area contributed by atoms with Crippen LogP contribution in [0, 0.1) is 0 Å². The van der Waals surface area contributed by atoms with Crippen LogP contribution in [0.3, 0.4) is 0 Å². The Balaban J connectivity index is 1.98. The van der Waals surface area contributed by atoms with Gasteiger partial charge in [0.1, 0.15) is 0 Å². The molecule has 1 heterocycles. The van der Waals surface area contributed by atoms with Gasteiger partial charge in [-0.05, 0) is 47.7 Å². The highest BCUT2D eigenvalue weighted by atomic mass is 35.5. The van der Waals surface area contributed by atoms with Crippen LogP contribution in [-0.2, 0) is 4.79 Å². The number of hydrogen-bond donors (Lipinski definition) is 0. The quantitative estimate of drug-likeness (QED) is 0.606. The zero-order valence-electron chi connectivity index (χ0n) is 11.4. The van der Waals surface area contributed by atoms with Crippen molar-refractivity contribution in [3.8, 4) is 0 Å². The summed E-state index contributed by atoms with van der Waals surface area (Å²) in [6, 6.07) is 11.6.